The molecule has 3 rings (SSSR count). The zero-order valence-corrected chi connectivity index (χ0v) is 21.7. The van der Waals surface area contributed by atoms with E-state index in [1.54, 1.807) is 0 Å². The predicted molar refractivity (Wildman–Crippen MR) is 139 cm³/mol. The van der Waals surface area contributed by atoms with Crippen LogP contribution in [0.5, 0.6) is 0 Å². The summed E-state index contributed by atoms with van der Waals surface area (Å²) >= 11 is 0. The Kier molecular flexibility index (Phi) is 11.1. The van der Waals surface area contributed by atoms with E-state index in [-0.39, 0.29) is 35.9 Å². The molecule has 1 aliphatic carbocycles. The summed E-state index contributed by atoms with van der Waals surface area (Å²) in [5.41, 5.74) is 2.58. The van der Waals surface area contributed by atoms with Crippen molar-refractivity contribution in [3.63, 3.8) is 0 Å². The van der Waals surface area contributed by atoms with Gasteiger partial charge in [0.25, 0.3) is 0 Å². The lowest BCUT2D eigenvalue weighted by atomic mass is 9.88. The van der Waals surface area contributed by atoms with E-state index in [0.717, 1.165) is 57.9 Å². The van der Waals surface area contributed by atoms with Crippen molar-refractivity contribution in [3.05, 3.63) is 35.4 Å². The summed E-state index contributed by atoms with van der Waals surface area (Å²) in [4.78, 5) is 21.5. The Bertz CT molecular complexity index is 720. The van der Waals surface area contributed by atoms with Gasteiger partial charge in [-0.2, -0.15) is 0 Å². The maximum atomic E-state index is 12.8. The van der Waals surface area contributed by atoms with Crippen LogP contribution in [0.3, 0.4) is 0 Å². The Labute approximate surface area is 205 Å². The minimum atomic E-state index is 0. The second kappa shape index (κ2) is 13.3. The molecule has 2 fully saturated rings. The molecule has 1 amide bonds. The third-order valence-corrected chi connectivity index (χ3v) is 6.46. The van der Waals surface area contributed by atoms with Gasteiger partial charge in [-0.05, 0) is 44.0 Å². The van der Waals surface area contributed by atoms with Crippen molar-refractivity contribution in [1.29, 1.82) is 0 Å². The third kappa shape index (κ3) is 7.93. The van der Waals surface area contributed by atoms with Gasteiger partial charge in [0.15, 0.2) is 5.96 Å². The minimum absolute atomic E-state index is 0. The number of carbonyl (C=O) groups excluding carboxylic acids is 1. The lowest BCUT2D eigenvalue weighted by Gasteiger charge is -2.26. The van der Waals surface area contributed by atoms with Crippen LogP contribution in [-0.4, -0.2) is 61.4 Å². The Morgan fingerprint density at radius 3 is 2.65 bits per heavy atom. The lowest BCUT2D eigenvalue weighted by molar-refractivity contribution is -0.135. The van der Waals surface area contributed by atoms with Gasteiger partial charge >= 0.3 is 0 Å². The van der Waals surface area contributed by atoms with Crippen LogP contribution < -0.4 is 10.6 Å². The van der Waals surface area contributed by atoms with Gasteiger partial charge in [0, 0.05) is 45.2 Å². The molecule has 2 N–H and O–H groups in total. The summed E-state index contributed by atoms with van der Waals surface area (Å²) < 4.78 is 0. The predicted octanol–water partition coefficient (Wildman–Crippen LogP) is 3.60. The molecule has 1 saturated heterocycles. The second-order valence-electron chi connectivity index (χ2n) is 8.83. The van der Waals surface area contributed by atoms with Gasteiger partial charge in [0.05, 0.1) is 0 Å². The number of carbonyl (C=O) groups is 1. The topological polar surface area (TPSA) is 60.0 Å². The van der Waals surface area contributed by atoms with E-state index in [1.807, 2.05) is 7.05 Å². The monoisotopic (exact) mass is 541 g/mol. The lowest BCUT2D eigenvalue weighted by Crippen LogP contribution is -2.45. The van der Waals surface area contributed by atoms with Crippen molar-refractivity contribution < 1.29 is 4.79 Å². The summed E-state index contributed by atoms with van der Waals surface area (Å²) in [5.74, 6) is 1.44. The highest BCUT2D eigenvalue weighted by Gasteiger charge is 2.31. The van der Waals surface area contributed by atoms with Crippen LogP contribution >= 0.6 is 24.0 Å². The average molecular weight is 542 g/mol. The minimum Gasteiger partial charge on any atom is -0.352 e. The van der Waals surface area contributed by atoms with Crippen LogP contribution in [0.25, 0.3) is 0 Å². The van der Waals surface area contributed by atoms with E-state index < -0.39 is 0 Å². The first-order valence-electron chi connectivity index (χ1n) is 11.6. The summed E-state index contributed by atoms with van der Waals surface area (Å²) in [6, 6.07) is 8.98. The zero-order chi connectivity index (χ0) is 21.3. The number of likely N-dealkylation sites (tertiary alicyclic amines) is 1. The molecular formula is C24H40IN5O. The molecule has 1 heterocycles. The van der Waals surface area contributed by atoms with Crippen molar-refractivity contribution in [2.24, 2.45) is 10.9 Å². The third-order valence-electron chi connectivity index (χ3n) is 6.46. The maximum Gasteiger partial charge on any atom is 0.225 e. The SMILES string of the molecule is CCN(C)Cc1cccc(CNC(=NC)NC2CCN(C(=O)C3CCCCC3)C2)c1.I. The molecule has 1 saturated carbocycles. The number of rotatable bonds is 7. The van der Waals surface area contributed by atoms with E-state index in [2.05, 4.69) is 63.7 Å². The molecule has 0 bridgehead atoms. The molecule has 0 spiro atoms. The maximum absolute atomic E-state index is 12.8. The molecule has 31 heavy (non-hydrogen) atoms. The van der Waals surface area contributed by atoms with E-state index >= 15 is 0 Å². The Morgan fingerprint density at radius 2 is 1.94 bits per heavy atom. The number of benzene rings is 1. The largest absolute Gasteiger partial charge is 0.352 e. The molecule has 1 atom stereocenters. The van der Waals surface area contributed by atoms with Crippen LogP contribution in [0.4, 0.5) is 0 Å². The molecule has 1 aliphatic heterocycles. The molecule has 1 unspecified atom stereocenters. The van der Waals surface area contributed by atoms with Gasteiger partial charge in [0.2, 0.25) is 5.91 Å². The fraction of sp³-hybridized carbons (Fsp3) is 0.667. The highest BCUT2D eigenvalue weighted by molar-refractivity contribution is 14.0. The van der Waals surface area contributed by atoms with E-state index in [1.165, 1.54) is 30.4 Å². The molecule has 1 aromatic carbocycles. The first kappa shape index (κ1) is 25.9. The number of hydrogen-bond acceptors (Lipinski definition) is 3. The van der Waals surface area contributed by atoms with Crippen LogP contribution in [0, 0.1) is 5.92 Å². The van der Waals surface area contributed by atoms with Gasteiger partial charge in [0.1, 0.15) is 0 Å². The zero-order valence-electron chi connectivity index (χ0n) is 19.4. The van der Waals surface area contributed by atoms with Crippen LogP contribution in [0.1, 0.15) is 56.6 Å². The standard InChI is InChI=1S/C24H39N5O.HI/c1-4-28(3)17-20-10-8-9-19(15-20)16-26-24(25-2)27-22-13-14-29(18-22)23(30)21-11-6-5-7-12-21;/h8-10,15,21-22H,4-7,11-14,16-18H2,1-3H3,(H2,25,26,27);1H. The number of halogens is 1. The molecule has 7 heteroatoms. The van der Waals surface area contributed by atoms with E-state index in [0.29, 0.717) is 5.91 Å². The fourth-order valence-corrected chi connectivity index (χ4v) is 4.52. The smallest absolute Gasteiger partial charge is 0.225 e. The van der Waals surface area contributed by atoms with Crippen molar-refractivity contribution in [2.75, 3.05) is 33.7 Å². The molecular weight excluding hydrogens is 501 g/mol. The average Bonchev–Trinajstić information content (AvgIpc) is 3.25. The molecule has 6 nitrogen and oxygen atoms in total. The number of nitrogens with zero attached hydrogens (tertiary/aromatic N) is 3. The van der Waals surface area contributed by atoms with Gasteiger partial charge in [-0.3, -0.25) is 9.79 Å². The molecule has 0 radical (unpaired) electrons. The Hall–Kier alpha value is -1.35. The molecule has 2 aliphatic rings. The summed E-state index contributed by atoms with van der Waals surface area (Å²) in [6.07, 6.45) is 6.83. The summed E-state index contributed by atoms with van der Waals surface area (Å²) in [6.45, 7) is 6.56. The van der Waals surface area contributed by atoms with Crippen molar-refractivity contribution in [2.45, 2.75) is 64.6 Å². The Balaban J connectivity index is 0.00000341. The van der Waals surface area contributed by atoms with Gasteiger partial charge in [-0.15, -0.1) is 24.0 Å². The molecule has 1 aromatic rings. The normalized spacial score (nSPS) is 19.9. The van der Waals surface area contributed by atoms with Crippen LogP contribution in [0.2, 0.25) is 0 Å². The molecule has 174 valence electrons. The van der Waals surface area contributed by atoms with Gasteiger partial charge < -0.3 is 20.4 Å². The van der Waals surface area contributed by atoms with E-state index in [9.17, 15) is 4.79 Å². The number of aliphatic imine (C=N–C) groups is 1. The van der Waals surface area contributed by atoms with Crippen molar-refractivity contribution >= 4 is 35.8 Å². The van der Waals surface area contributed by atoms with Crippen LogP contribution in [-0.2, 0) is 17.9 Å². The summed E-state index contributed by atoms with van der Waals surface area (Å²) in [7, 11) is 3.95. The second-order valence-corrected chi connectivity index (χ2v) is 8.83. The fourth-order valence-electron chi connectivity index (χ4n) is 4.52. The molecule has 0 aromatic heterocycles. The number of guanidine groups is 1. The van der Waals surface area contributed by atoms with Gasteiger partial charge in [-0.25, -0.2) is 0 Å². The van der Waals surface area contributed by atoms with Gasteiger partial charge in [-0.1, -0.05) is 50.5 Å². The van der Waals surface area contributed by atoms with E-state index in [4.69, 9.17) is 0 Å². The number of hydrogen-bond donors (Lipinski definition) is 2. The first-order chi connectivity index (χ1) is 14.6. The summed E-state index contributed by atoms with van der Waals surface area (Å²) in [5, 5.41) is 6.95. The number of nitrogens with one attached hydrogen (secondary N) is 2. The van der Waals surface area contributed by atoms with Crippen LogP contribution in [0.15, 0.2) is 29.3 Å². The quantitative estimate of drug-likeness (QED) is 0.315. The first-order valence-corrected chi connectivity index (χ1v) is 11.6. The Morgan fingerprint density at radius 1 is 1.19 bits per heavy atom. The number of amides is 1. The van der Waals surface area contributed by atoms with Crippen molar-refractivity contribution in [3.8, 4) is 0 Å². The highest BCUT2D eigenvalue weighted by Crippen LogP contribution is 2.26. The highest BCUT2D eigenvalue weighted by atomic mass is 127. The van der Waals surface area contributed by atoms with Crippen molar-refractivity contribution in [1.82, 2.24) is 20.4 Å².